The van der Waals surface area contributed by atoms with Crippen LogP contribution in [0.15, 0.2) is 47.9 Å². The lowest BCUT2D eigenvalue weighted by Crippen LogP contribution is -2.44. The fraction of sp³-hybridized carbons (Fsp3) is 0.381. The number of carbonyl (C=O) groups is 1. The zero-order valence-electron chi connectivity index (χ0n) is 16.3. The molecule has 2 aromatic heterocycles. The summed E-state index contributed by atoms with van der Waals surface area (Å²) in [4.78, 5) is 24.1. The molecular weight excluding hydrogens is 391 g/mol. The molecule has 0 saturated carbocycles. The summed E-state index contributed by atoms with van der Waals surface area (Å²) in [6.45, 7) is 4.30. The number of fused-ring (bicyclic) bond motifs is 1. The normalized spacial score (nSPS) is 15.6. The van der Waals surface area contributed by atoms with Crippen molar-refractivity contribution in [2.45, 2.75) is 30.3 Å². The van der Waals surface area contributed by atoms with Gasteiger partial charge in [0.1, 0.15) is 11.9 Å². The topological polar surface area (TPSA) is 60.2 Å². The van der Waals surface area contributed by atoms with E-state index in [9.17, 15) is 9.18 Å². The average Bonchev–Trinajstić information content (AvgIpc) is 3.13. The van der Waals surface area contributed by atoms with E-state index in [1.807, 2.05) is 28.5 Å². The highest BCUT2D eigenvalue weighted by molar-refractivity contribution is 7.98. The molecule has 1 aliphatic heterocycles. The number of halogens is 1. The summed E-state index contributed by atoms with van der Waals surface area (Å²) >= 11 is 1.44. The van der Waals surface area contributed by atoms with Crippen LogP contribution in [-0.4, -0.2) is 51.6 Å². The van der Waals surface area contributed by atoms with Crippen LogP contribution in [0.3, 0.4) is 0 Å². The molecule has 1 atom stereocenters. The molecule has 4 rings (SSSR count). The van der Waals surface area contributed by atoms with Gasteiger partial charge in [0.2, 0.25) is 5.91 Å². The molecule has 1 saturated heterocycles. The van der Waals surface area contributed by atoms with Crippen molar-refractivity contribution in [2.24, 2.45) is 0 Å². The average molecular weight is 415 g/mol. The first kappa shape index (κ1) is 19.8. The minimum Gasteiger partial charge on any atom is -0.378 e. The number of imidazole rings is 1. The molecule has 152 valence electrons. The van der Waals surface area contributed by atoms with E-state index in [-0.39, 0.29) is 17.8 Å². The summed E-state index contributed by atoms with van der Waals surface area (Å²) in [7, 11) is 0. The van der Waals surface area contributed by atoms with Crippen molar-refractivity contribution >= 4 is 28.7 Å². The number of pyridine rings is 1. The van der Waals surface area contributed by atoms with Gasteiger partial charge in [-0.05, 0) is 24.1 Å². The van der Waals surface area contributed by atoms with Gasteiger partial charge in [-0.2, -0.15) is 0 Å². The van der Waals surface area contributed by atoms with E-state index in [1.54, 1.807) is 24.5 Å². The van der Waals surface area contributed by atoms with E-state index in [4.69, 9.17) is 9.72 Å². The number of aromatic nitrogens is 3. The Kier molecular flexibility index (Phi) is 6.10. The summed E-state index contributed by atoms with van der Waals surface area (Å²) in [5.41, 5.74) is 2.21. The SMILES string of the molecule is CCC(C(=O)N1CCOCC1)n1c(SCc2ccccc2F)nc2ccncc21. The highest BCUT2D eigenvalue weighted by atomic mass is 32.2. The lowest BCUT2D eigenvalue weighted by molar-refractivity contribution is -0.139. The van der Waals surface area contributed by atoms with Gasteiger partial charge in [-0.1, -0.05) is 36.9 Å². The van der Waals surface area contributed by atoms with Gasteiger partial charge in [-0.3, -0.25) is 9.78 Å². The Morgan fingerprint density at radius 2 is 2.07 bits per heavy atom. The Labute approximate surface area is 173 Å². The van der Waals surface area contributed by atoms with Gasteiger partial charge in [0.25, 0.3) is 0 Å². The Balaban J connectivity index is 1.68. The van der Waals surface area contributed by atoms with Crippen molar-refractivity contribution in [1.82, 2.24) is 19.4 Å². The molecular formula is C21H23FN4O2S. The van der Waals surface area contributed by atoms with Gasteiger partial charge in [0, 0.05) is 25.0 Å². The van der Waals surface area contributed by atoms with Crippen molar-refractivity contribution in [3.05, 3.63) is 54.1 Å². The number of ether oxygens (including phenoxy) is 1. The van der Waals surface area contributed by atoms with E-state index < -0.39 is 0 Å². The van der Waals surface area contributed by atoms with E-state index in [2.05, 4.69) is 4.98 Å². The van der Waals surface area contributed by atoms with E-state index in [0.29, 0.717) is 49.2 Å². The highest BCUT2D eigenvalue weighted by Crippen LogP contribution is 2.32. The maximum atomic E-state index is 14.1. The van der Waals surface area contributed by atoms with Crippen molar-refractivity contribution < 1.29 is 13.9 Å². The summed E-state index contributed by atoms with van der Waals surface area (Å²) in [6, 6.07) is 8.18. The fourth-order valence-electron chi connectivity index (χ4n) is 3.54. The van der Waals surface area contributed by atoms with Gasteiger partial charge in [0.15, 0.2) is 5.16 Å². The number of hydrogen-bond acceptors (Lipinski definition) is 5. The fourth-order valence-corrected chi connectivity index (χ4v) is 4.59. The molecule has 3 heterocycles. The predicted molar refractivity (Wildman–Crippen MR) is 110 cm³/mol. The van der Waals surface area contributed by atoms with Gasteiger partial charge in [-0.25, -0.2) is 9.37 Å². The van der Waals surface area contributed by atoms with Crippen molar-refractivity contribution in [2.75, 3.05) is 26.3 Å². The first-order valence-corrected chi connectivity index (χ1v) is 10.7. The molecule has 8 heteroatoms. The molecule has 0 N–H and O–H groups in total. The third kappa shape index (κ3) is 4.13. The number of carbonyl (C=O) groups excluding carboxylic acids is 1. The second-order valence-corrected chi connectivity index (χ2v) is 7.81. The number of nitrogens with zero attached hydrogens (tertiary/aromatic N) is 4. The summed E-state index contributed by atoms with van der Waals surface area (Å²) in [5.74, 6) is 0.262. The van der Waals surface area contributed by atoms with E-state index >= 15 is 0 Å². The van der Waals surface area contributed by atoms with Crippen LogP contribution < -0.4 is 0 Å². The monoisotopic (exact) mass is 414 g/mol. The molecule has 29 heavy (non-hydrogen) atoms. The molecule has 0 aliphatic carbocycles. The maximum Gasteiger partial charge on any atom is 0.245 e. The number of hydrogen-bond donors (Lipinski definition) is 0. The number of amides is 1. The first-order chi connectivity index (χ1) is 14.2. The summed E-state index contributed by atoms with van der Waals surface area (Å²) < 4.78 is 21.4. The first-order valence-electron chi connectivity index (χ1n) is 9.73. The van der Waals surface area contributed by atoms with Crippen LogP contribution in [-0.2, 0) is 15.3 Å². The number of rotatable bonds is 6. The van der Waals surface area contributed by atoms with Crippen LogP contribution in [0, 0.1) is 5.82 Å². The molecule has 0 spiro atoms. The quantitative estimate of drug-likeness (QED) is 0.576. The smallest absolute Gasteiger partial charge is 0.245 e. The Morgan fingerprint density at radius 1 is 1.28 bits per heavy atom. The Morgan fingerprint density at radius 3 is 2.83 bits per heavy atom. The second kappa shape index (κ2) is 8.92. The molecule has 1 amide bonds. The van der Waals surface area contributed by atoms with Gasteiger partial charge < -0.3 is 14.2 Å². The van der Waals surface area contributed by atoms with Crippen LogP contribution in [0.2, 0.25) is 0 Å². The number of morpholine rings is 1. The van der Waals surface area contributed by atoms with Crippen LogP contribution in [0.1, 0.15) is 24.9 Å². The number of thioether (sulfide) groups is 1. The van der Waals surface area contributed by atoms with Crippen molar-refractivity contribution in [1.29, 1.82) is 0 Å². The molecule has 1 aromatic carbocycles. The van der Waals surface area contributed by atoms with Crippen LogP contribution >= 0.6 is 11.8 Å². The van der Waals surface area contributed by atoms with Crippen molar-refractivity contribution in [3.8, 4) is 0 Å². The summed E-state index contributed by atoms with van der Waals surface area (Å²) in [5, 5.41) is 0.699. The molecule has 1 aliphatic rings. The third-order valence-electron chi connectivity index (χ3n) is 5.08. The van der Waals surface area contributed by atoms with Gasteiger partial charge >= 0.3 is 0 Å². The molecule has 6 nitrogen and oxygen atoms in total. The molecule has 0 radical (unpaired) electrons. The lowest BCUT2D eigenvalue weighted by Gasteiger charge is -2.31. The zero-order chi connectivity index (χ0) is 20.2. The zero-order valence-corrected chi connectivity index (χ0v) is 17.1. The largest absolute Gasteiger partial charge is 0.378 e. The molecule has 1 fully saturated rings. The molecule has 3 aromatic rings. The summed E-state index contributed by atoms with van der Waals surface area (Å²) in [6.07, 6.45) is 4.06. The predicted octanol–water partition coefficient (Wildman–Crippen LogP) is 3.67. The van der Waals surface area contributed by atoms with Crippen LogP contribution in [0.4, 0.5) is 4.39 Å². The molecule has 1 unspecified atom stereocenters. The van der Waals surface area contributed by atoms with Crippen molar-refractivity contribution in [3.63, 3.8) is 0 Å². The second-order valence-electron chi connectivity index (χ2n) is 6.87. The van der Waals surface area contributed by atoms with E-state index in [1.165, 1.54) is 17.8 Å². The minimum absolute atomic E-state index is 0.0618. The minimum atomic E-state index is -0.384. The van der Waals surface area contributed by atoms with Gasteiger partial charge in [0.05, 0.1) is 30.4 Å². The third-order valence-corrected chi connectivity index (χ3v) is 6.08. The van der Waals surface area contributed by atoms with Gasteiger partial charge in [-0.15, -0.1) is 0 Å². The number of benzene rings is 1. The van der Waals surface area contributed by atoms with E-state index in [0.717, 1.165) is 11.0 Å². The standard InChI is InChI=1S/C21H23FN4O2S/c1-2-18(20(27)25-9-11-28-12-10-25)26-19-13-23-8-7-17(19)24-21(26)29-14-15-5-3-4-6-16(15)22/h3-8,13,18H,2,9-12,14H2,1H3. The van der Waals surface area contributed by atoms with Crippen LogP contribution in [0.5, 0.6) is 0 Å². The maximum absolute atomic E-state index is 14.1. The van der Waals surface area contributed by atoms with Crippen LogP contribution in [0.25, 0.3) is 11.0 Å². The highest BCUT2D eigenvalue weighted by Gasteiger charge is 2.29. The lowest BCUT2D eigenvalue weighted by atomic mass is 10.1. The Bertz CT molecular complexity index is 1000. The Hall–Kier alpha value is -2.45. The molecule has 0 bridgehead atoms.